The molecular formula is C29H48O. The van der Waals surface area contributed by atoms with Gasteiger partial charge in [0.2, 0.25) is 0 Å². The molecule has 0 radical (unpaired) electrons. The second-order valence-electron chi connectivity index (χ2n) is 13.5. The van der Waals surface area contributed by atoms with Gasteiger partial charge in [0.25, 0.3) is 0 Å². The van der Waals surface area contributed by atoms with Gasteiger partial charge < -0.3 is 0 Å². The first kappa shape index (κ1) is 21.5. The molecule has 1 heteroatoms. The lowest BCUT2D eigenvalue weighted by atomic mass is 9.34. The van der Waals surface area contributed by atoms with E-state index in [0.29, 0.717) is 17.6 Å². The van der Waals surface area contributed by atoms with E-state index in [1.807, 2.05) is 0 Å². The minimum atomic E-state index is 0.287. The summed E-state index contributed by atoms with van der Waals surface area (Å²) in [5, 5.41) is 0. The Kier molecular flexibility index (Phi) is 4.90. The number of carbonyl (C=O) groups excluding carboxylic acids is 1. The zero-order valence-electron chi connectivity index (χ0n) is 21.3. The van der Waals surface area contributed by atoms with E-state index in [1.165, 1.54) is 0 Å². The molecule has 0 N–H and O–H groups in total. The van der Waals surface area contributed by atoms with E-state index in [1.54, 1.807) is 0 Å². The van der Waals surface area contributed by atoms with Gasteiger partial charge in [0.15, 0.2) is 0 Å². The minimum absolute atomic E-state index is 0.287. The molecule has 0 bridgehead atoms. The van der Waals surface area contributed by atoms with Crippen molar-refractivity contribution in [2.24, 2.45) is 107 Å². The maximum Gasteiger partial charge on any atom is 0.139 e. The molecule has 0 amide bonds. The Balaban J connectivity index is 1.73. The van der Waals surface area contributed by atoms with Gasteiger partial charge >= 0.3 is 0 Å². The van der Waals surface area contributed by atoms with Crippen molar-refractivity contribution in [2.45, 2.75) is 69.2 Å². The number of hydrogen-bond acceptors (Lipinski definition) is 1. The maximum atomic E-state index is 13.4. The van der Waals surface area contributed by atoms with Crippen molar-refractivity contribution in [1.29, 1.82) is 0 Å². The van der Waals surface area contributed by atoms with Crippen LogP contribution in [0.3, 0.4) is 0 Å². The molecule has 5 aliphatic rings. The summed E-state index contributed by atoms with van der Waals surface area (Å²) >= 11 is 0. The minimum Gasteiger partial charge on any atom is -0.299 e. The fourth-order valence-corrected chi connectivity index (χ4v) is 11.5. The lowest BCUT2D eigenvalue weighted by molar-refractivity contribution is -0.239. The summed E-state index contributed by atoms with van der Waals surface area (Å²) < 4.78 is 0. The topological polar surface area (TPSA) is 17.1 Å². The van der Waals surface area contributed by atoms with Crippen LogP contribution in [0.4, 0.5) is 0 Å². The third kappa shape index (κ3) is 2.34. The SMILES string of the molecule is CC1C(=O)C(C)C2C1C1C(C)C(C)C(C)C3C(C)C(C)C4C(C)C(C)C(C)C2C4C31. The highest BCUT2D eigenvalue weighted by Gasteiger charge is 2.70. The van der Waals surface area contributed by atoms with E-state index in [9.17, 15) is 4.79 Å². The normalized spacial score (nSPS) is 67.1. The first-order valence-electron chi connectivity index (χ1n) is 13.6. The van der Waals surface area contributed by atoms with Gasteiger partial charge in [-0.3, -0.25) is 4.79 Å². The van der Waals surface area contributed by atoms with Crippen LogP contribution in [0.5, 0.6) is 0 Å². The summed E-state index contributed by atoms with van der Waals surface area (Å²) in [6.45, 7) is 25.3. The van der Waals surface area contributed by atoms with Crippen LogP contribution in [-0.4, -0.2) is 5.78 Å². The summed E-state index contributed by atoms with van der Waals surface area (Å²) in [6, 6.07) is 0. The van der Waals surface area contributed by atoms with Crippen LogP contribution in [-0.2, 0) is 4.79 Å². The highest BCUT2D eigenvalue weighted by molar-refractivity contribution is 5.86. The van der Waals surface area contributed by atoms with Crippen LogP contribution >= 0.6 is 0 Å². The third-order valence-electron chi connectivity index (χ3n) is 13.4. The molecule has 30 heavy (non-hydrogen) atoms. The highest BCUT2D eigenvalue weighted by atomic mass is 16.1. The van der Waals surface area contributed by atoms with Crippen LogP contribution < -0.4 is 0 Å². The third-order valence-corrected chi connectivity index (χ3v) is 13.4. The van der Waals surface area contributed by atoms with E-state index in [4.69, 9.17) is 0 Å². The van der Waals surface area contributed by atoms with Crippen LogP contribution in [0, 0.1) is 107 Å². The van der Waals surface area contributed by atoms with Gasteiger partial charge in [-0.25, -0.2) is 0 Å². The van der Waals surface area contributed by atoms with E-state index < -0.39 is 0 Å². The van der Waals surface area contributed by atoms with E-state index in [-0.39, 0.29) is 11.8 Å². The lowest BCUT2D eigenvalue weighted by Crippen LogP contribution is -2.67. The Morgan fingerprint density at radius 3 is 0.933 bits per heavy atom. The molecule has 0 aromatic heterocycles. The summed E-state index contributed by atoms with van der Waals surface area (Å²) in [7, 11) is 0. The Hall–Kier alpha value is -0.330. The molecule has 0 saturated heterocycles. The van der Waals surface area contributed by atoms with Gasteiger partial charge in [0.05, 0.1) is 0 Å². The predicted octanol–water partition coefficient (Wildman–Crippen LogP) is 6.91. The fourth-order valence-electron chi connectivity index (χ4n) is 11.5. The molecule has 170 valence electrons. The van der Waals surface area contributed by atoms with Crippen molar-refractivity contribution in [3.05, 3.63) is 0 Å². The van der Waals surface area contributed by atoms with E-state index >= 15 is 0 Å². The van der Waals surface area contributed by atoms with Crippen molar-refractivity contribution >= 4 is 5.78 Å². The Bertz CT molecular complexity index is 653. The molecule has 18 atom stereocenters. The molecule has 5 saturated carbocycles. The molecule has 5 rings (SSSR count). The summed E-state index contributed by atoms with van der Waals surface area (Å²) in [4.78, 5) is 13.4. The molecule has 5 aliphatic carbocycles. The molecule has 5 fully saturated rings. The molecule has 0 heterocycles. The van der Waals surface area contributed by atoms with Gasteiger partial charge in [-0.1, -0.05) is 69.2 Å². The Morgan fingerprint density at radius 1 is 0.333 bits per heavy atom. The van der Waals surface area contributed by atoms with Gasteiger partial charge in [-0.05, 0) is 94.7 Å². The molecule has 0 aromatic carbocycles. The van der Waals surface area contributed by atoms with Crippen LogP contribution in [0.15, 0.2) is 0 Å². The molecule has 0 aliphatic heterocycles. The monoisotopic (exact) mass is 412 g/mol. The van der Waals surface area contributed by atoms with E-state index in [0.717, 1.165) is 82.9 Å². The molecule has 1 nitrogen and oxygen atoms in total. The van der Waals surface area contributed by atoms with Crippen LogP contribution in [0.1, 0.15) is 69.2 Å². The summed E-state index contributed by atoms with van der Waals surface area (Å²) in [6.07, 6.45) is 0. The van der Waals surface area contributed by atoms with Crippen molar-refractivity contribution < 1.29 is 4.79 Å². The average Bonchev–Trinajstić information content (AvgIpc) is 2.93. The number of carbonyl (C=O) groups is 1. The highest BCUT2D eigenvalue weighted by Crippen LogP contribution is 2.73. The summed E-state index contributed by atoms with van der Waals surface area (Å²) in [5.41, 5.74) is 0. The zero-order chi connectivity index (χ0) is 22.0. The zero-order valence-corrected chi connectivity index (χ0v) is 21.3. The van der Waals surface area contributed by atoms with Gasteiger partial charge in [-0.15, -0.1) is 0 Å². The molecule has 18 unspecified atom stereocenters. The molecular weight excluding hydrogens is 364 g/mol. The fraction of sp³-hybridized carbons (Fsp3) is 0.966. The first-order chi connectivity index (χ1) is 14.0. The van der Waals surface area contributed by atoms with Gasteiger partial charge in [0.1, 0.15) is 5.78 Å². The smallest absolute Gasteiger partial charge is 0.139 e. The average molecular weight is 413 g/mol. The summed E-state index contributed by atoms with van der Waals surface area (Å²) in [5.74, 6) is 13.9. The lowest BCUT2D eigenvalue weighted by Gasteiger charge is -2.71. The molecule has 0 aromatic rings. The quantitative estimate of drug-likeness (QED) is 0.422. The first-order valence-corrected chi connectivity index (χ1v) is 13.6. The number of Topliss-reactive ketones (excluding diaryl/α,β-unsaturated/α-hetero) is 1. The van der Waals surface area contributed by atoms with Crippen molar-refractivity contribution in [1.82, 2.24) is 0 Å². The van der Waals surface area contributed by atoms with Crippen LogP contribution in [0.2, 0.25) is 0 Å². The standard InChI is InChI=1S/C29H48O/c1-11-13(3)21-17(7)18(8)22-14(4)12(2)16(6)24-26-20(10)29(30)19(9)25(26)23(15(11)5)27(21)28(22)24/h11-28H,1-10H3. The number of rotatable bonds is 0. The Labute approximate surface area is 186 Å². The Morgan fingerprint density at radius 2 is 0.600 bits per heavy atom. The number of ketones is 1. The second kappa shape index (κ2) is 6.84. The van der Waals surface area contributed by atoms with Crippen molar-refractivity contribution in [3.63, 3.8) is 0 Å². The second-order valence-corrected chi connectivity index (χ2v) is 13.5. The van der Waals surface area contributed by atoms with E-state index in [2.05, 4.69) is 69.2 Å². The van der Waals surface area contributed by atoms with Crippen molar-refractivity contribution in [2.75, 3.05) is 0 Å². The molecule has 0 spiro atoms. The van der Waals surface area contributed by atoms with Gasteiger partial charge in [-0.2, -0.15) is 0 Å². The number of hydrogen-bond donors (Lipinski definition) is 0. The van der Waals surface area contributed by atoms with Crippen molar-refractivity contribution in [3.8, 4) is 0 Å². The predicted molar refractivity (Wildman–Crippen MR) is 125 cm³/mol. The maximum absolute atomic E-state index is 13.4. The number of fused-ring (bicyclic) bond motifs is 3. The van der Waals surface area contributed by atoms with Gasteiger partial charge in [0, 0.05) is 11.8 Å². The largest absolute Gasteiger partial charge is 0.299 e. The van der Waals surface area contributed by atoms with Crippen LogP contribution in [0.25, 0.3) is 0 Å².